The third-order valence-corrected chi connectivity index (χ3v) is 6.14. The number of esters is 1. The van der Waals surface area contributed by atoms with Crippen LogP contribution in [0.4, 0.5) is 0 Å². The van der Waals surface area contributed by atoms with Gasteiger partial charge >= 0.3 is 5.97 Å². The molecule has 0 saturated carbocycles. The number of sulfone groups is 1. The summed E-state index contributed by atoms with van der Waals surface area (Å²) in [5, 5.41) is 8.83. The molecule has 168 valence electrons. The van der Waals surface area contributed by atoms with Crippen LogP contribution in [0.1, 0.15) is 85.5 Å². The van der Waals surface area contributed by atoms with Crippen LogP contribution in [0, 0.1) is 11.8 Å². The maximum Gasteiger partial charge on any atom is 0.307 e. The molecule has 0 amide bonds. The van der Waals surface area contributed by atoms with Crippen molar-refractivity contribution in [1.29, 1.82) is 0 Å². The second kappa shape index (κ2) is 15.2. The average molecular weight is 423 g/mol. The standard InChI is InChI=1S/C21H42O6S/c1-17(2)12-8-6-10-14-26-20(22)16-19(28(5,24)25)21(23)27-15-11-7-9-13-18(3)4/h17-19,21,23H,6-16H2,1-5H3. The predicted octanol–water partition coefficient (Wildman–Crippen LogP) is 4.10. The summed E-state index contributed by atoms with van der Waals surface area (Å²) in [7, 11) is -3.64. The molecule has 0 aliphatic rings. The molecule has 2 atom stereocenters. The number of hydrogen-bond acceptors (Lipinski definition) is 6. The molecule has 0 spiro atoms. The summed E-state index contributed by atoms with van der Waals surface area (Å²) >= 11 is 0. The van der Waals surface area contributed by atoms with Gasteiger partial charge in [-0.1, -0.05) is 66.2 Å². The Hall–Kier alpha value is -0.660. The Bertz CT molecular complexity index is 501. The van der Waals surface area contributed by atoms with Crippen LogP contribution in [0.15, 0.2) is 0 Å². The molecule has 7 heteroatoms. The van der Waals surface area contributed by atoms with Gasteiger partial charge in [0.25, 0.3) is 0 Å². The van der Waals surface area contributed by atoms with Gasteiger partial charge in [-0.15, -0.1) is 0 Å². The highest BCUT2D eigenvalue weighted by atomic mass is 32.2. The number of rotatable bonds is 17. The van der Waals surface area contributed by atoms with Gasteiger partial charge in [0.05, 0.1) is 13.0 Å². The van der Waals surface area contributed by atoms with Crippen molar-refractivity contribution in [3.05, 3.63) is 0 Å². The van der Waals surface area contributed by atoms with Crippen molar-refractivity contribution in [3.8, 4) is 0 Å². The van der Waals surface area contributed by atoms with Crippen LogP contribution >= 0.6 is 0 Å². The fourth-order valence-corrected chi connectivity index (χ4v) is 3.79. The van der Waals surface area contributed by atoms with Crippen LogP contribution in [0.25, 0.3) is 0 Å². The minimum absolute atomic E-state index is 0.274. The van der Waals surface area contributed by atoms with E-state index in [1.165, 1.54) is 0 Å². The van der Waals surface area contributed by atoms with Gasteiger partial charge in [-0.2, -0.15) is 0 Å². The van der Waals surface area contributed by atoms with Gasteiger partial charge in [-0.3, -0.25) is 4.79 Å². The van der Waals surface area contributed by atoms with E-state index in [0.29, 0.717) is 11.8 Å². The van der Waals surface area contributed by atoms with Crippen molar-refractivity contribution in [3.63, 3.8) is 0 Å². The van der Waals surface area contributed by atoms with Crippen LogP contribution in [0.3, 0.4) is 0 Å². The monoisotopic (exact) mass is 422 g/mol. The van der Waals surface area contributed by atoms with Crippen LogP contribution in [0.2, 0.25) is 0 Å². The van der Waals surface area contributed by atoms with E-state index in [0.717, 1.165) is 57.6 Å². The zero-order valence-corrected chi connectivity index (χ0v) is 19.3. The van der Waals surface area contributed by atoms with Crippen LogP contribution < -0.4 is 0 Å². The van der Waals surface area contributed by atoms with E-state index in [1.54, 1.807) is 0 Å². The predicted molar refractivity (Wildman–Crippen MR) is 113 cm³/mol. The minimum Gasteiger partial charge on any atom is -0.466 e. The summed E-state index contributed by atoms with van der Waals surface area (Å²) in [6.45, 7) is 9.23. The third-order valence-electron chi connectivity index (χ3n) is 4.64. The molecule has 0 saturated heterocycles. The van der Waals surface area contributed by atoms with E-state index in [4.69, 9.17) is 9.47 Å². The molecule has 1 N–H and O–H groups in total. The van der Waals surface area contributed by atoms with Gasteiger partial charge in [0.2, 0.25) is 0 Å². The van der Waals surface area contributed by atoms with Crippen LogP contribution in [-0.2, 0) is 24.1 Å². The first-order valence-electron chi connectivity index (χ1n) is 10.7. The highest BCUT2D eigenvalue weighted by Gasteiger charge is 2.32. The van der Waals surface area contributed by atoms with Crippen molar-refractivity contribution in [1.82, 2.24) is 0 Å². The van der Waals surface area contributed by atoms with Gasteiger partial charge in [0, 0.05) is 12.9 Å². The number of carbonyl (C=O) groups excluding carboxylic acids is 1. The number of unbranched alkanes of at least 4 members (excludes halogenated alkanes) is 4. The Morgan fingerprint density at radius 1 is 0.857 bits per heavy atom. The summed E-state index contributed by atoms with van der Waals surface area (Å²) in [5.74, 6) is 0.705. The zero-order valence-electron chi connectivity index (χ0n) is 18.5. The van der Waals surface area contributed by atoms with Crippen molar-refractivity contribution in [2.75, 3.05) is 19.5 Å². The number of carbonyl (C=O) groups is 1. The Labute approximate surface area is 172 Å². The molecular weight excluding hydrogens is 380 g/mol. The number of ether oxygens (including phenoxy) is 2. The lowest BCUT2D eigenvalue weighted by Crippen LogP contribution is -2.38. The first kappa shape index (κ1) is 27.3. The lowest BCUT2D eigenvalue weighted by atomic mass is 10.1. The second-order valence-electron chi connectivity index (χ2n) is 8.54. The molecule has 6 nitrogen and oxygen atoms in total. The zero-order chi connectivity index (χ0) is 21.6. The van der Waals surface area contributed by atoms with Gasteiger partial charge in [0.1, 0.15) is 5.25 Å². The minimum atomic E-state index is -3.64. The molecule has 2 unspecified atom stereocenters. The van der Waals surface area contributed by atoms with Gasteiger partial charge in [0.15, 0.2) is 16.1 Å². The molecule has 0 fully saturated rings. The molecule has 0 aromatic carbocycles. The largest absolute Gasteiger partial charge is 0.466 e. The van der Waals surface area contributed by atoms with Crippen molar-refractivity contribution >= 4 is 15.8 Å². The lowest BCUT2D eigenvalue weighted by molar-refractivity contribution is -0.148. The first-order chi connectivity index (χ1) is 13.0. The second-order valence-corrected chi connectivity index (χ2v) is 10.8. The van der Waals surface area contributed by atoms with Crippen molar-refractivity contribution in [2.24, 2.45) is 11.8 Å². The van der Waals surface area contributed by atoms with Crippen molar-refractivity contribution in [2.45, 2.75) is 97.0 Å². The lowest BCUT2D eigenvalue weighted by Gasteiger charge is -2.21. The fraction of sp³-hybridized carbons (Fsp3) is 0.952. The molecule has 0 aromatic rings. The molecule has 0 aromatic heterocycles. The Kier molecular flexibility index (Phi) is 14.9. The van der Waals surface area contributed by atoms with Gasteiger partial charge < -0.3 is 14.6 Å². The summed E-state index contributed by atoms with van der Waals surface area (Å²) in [5.41, 5.74) is 0. The molecule has 0 bridgehead atoms. The molecule has 0 aliphatic heterocycles. The number of aliphatic hydroxyl groups excluding tert-OH is 1. The highest BCUT2D eigenvalue weighted by Crippen LogP contribution is 2.15. The normalized spacial score (nSPS) is 14.4. The van der Waals surface area contributed by atoms with Crippen molar-refractivity contribution < 1.29 is 27.8 Å². The SMILES string of the molecule is CC(C)CCCCCOC(=O)CC(C(O)OCCCCCC(C)C)S(C)(=O)=O. The quantitative estimate of drug-likeness (QED) is 0.216. The average Bonchev–Trinajstić information content (AvgIpc) is 2.57. The summed E-state index contributed by atoms with van der Waals surface area (Å²) in [4.78, 5) is 12.0. The maximum absolute atomic E-state index is 12.0. The molecule has 0 rings (SSSR count). The third kappa shape index (κ3) is 15.3. The summed E-state index contributed by atoms with van der Waals surface area (Å²) < 4.78 is 34.3. The first-order valence-corrected chi connectivity index (χ1v) is 12.6. The van der Waals surface area contributed by atoms with Gasteiger partial charge in [-0.25, -0.2) is 8.42 Å². The van der Waals surface area contributed by atoms with E-state index in [-0.39, 0.29) is 19.6 Å². The summed E-state index contributed by atoms with van der Waals surface area (Å²) in [6, 6.07) is 0. The molecule has 0 aliphatic carbocycles. The fourth-order valence-electron chi connectivity index (χ4n) is 2.85. The molecule has 0 heterocycles. The van der Waals surface area contributed by atoms with E-state index in [1.807, 2.05) is 0 Å². The maximum atomic E-state index is 12.0. The van der Waals surface area contributed by atoms with Crippen LogP contribution in [-0.4, -0.2) is 50.5 Å². The summed E-state index contributed by atoms with van der Waals surface area (Å²) in [6.07, 6.45) is 7.00. The van der Waals surface area contributed by atoms with E-state index in [2.05, 4.69) is 27.7 Å². The smallest absolute Gasteiger partial charge is 0.307 e. The van der Waals surface area contributed by atoms with E-state index >= 15 is 0 Å². The van der Waals surface area contributed by atoms with E-state index < -0.39 is 27.3 Å². The number of aliphatic hydroxyl groups is 1. The Balaban J connectivity index is 4.20. The van der Waals surface area contributed by atoms with Gasteiger partial charge in [-0.05, 0) is 24.7 Å². The van der Waals surface area contributed by atoms with Crippen LogP contribution in [0.5, 0.6) is 0 Å². The Morgan fingerprint density at radius 3 is 1.82 bits per heavy atom. The number of hydrogen-bond donors (Lipinski definition) is 1. The molecule has 0 radical (unpaired) electrons. The molecular formula is C21H42O6S. The highest BCUT2D eigenvalue weighted by molar-refractivity contribution is 7.91. The Morgan fingerprint density at radius 2 is 1.36 bits per heavy atom. The topological polar surface area (TPSA) is 89.9 Å². The van der Waals surface area contributed by atoms with E-state index in [9.17, 15) is 18.3 Å². The molecule has 28 heavy (non-hydrogen) atoms.